The van der Waals surface area contributed by atoms with E-state index in [-0.39, 0.29) is 30.0 Å². The van der Waals surface area contributed by atoms with Crippen molar-refractivity contribution >= 4 is 17.8 Å². The average Bonchev–Trinajstić information content (AvgIpc) is 2.57. The van der Waals surface area contributed by atoms with Crippen molar-refractivity contribution in [3.63, 3.8) is 0 Å². The third-order valence-corrected chi connectivity index (χ3v) is 3.01. The van der Waals surface area contributed by atoms with Crippen LogP contribution in [-0.2, 0) is 11.3 Å². The molecule has 0 aliphatic rings. The molecule has 0 atom stereocenters. The fourth-order valence-electron chi connectivity index (χ4n) is 1.93. The van der Waals surface area contributed by atoms with E-state index < -0.39 is 18.7 Å². The predicted octanol–water partition coefficient (Wildman–Crippen LogP) is 2.01. The van der Waals surface area contributed by atoms with Crippen LogP contribution in [0.25, 0.3) is 0 Å². The molecular formula is C16H16F3N5O3. The number of pyridine rings is 1. The van der Waals surface area contributed by atoms with Crippen LogP contribution in [0.1, 0.15) is 28.7 Å². The van der Waals surface area contributed by atoms with Crippen molar-refractivity contribution < 1.29 is 27.5 Å². The molecule has 11 heteroatoms. The van der Waals surface area contributed by atoms with Gasteiger partial charge in [0.25, 0.3) is 5.91 Å². The first-order valence-corrected chi connectivity index (χ1v) is 7.68. The van der Waals surface area contributed by atoms with Crippen LogP contribution in [-0.4, -0.2) is 39.5 Å². The Labute approximate surface area is 152 Å². The normalized spacial score (nSPS) is 11.0. The lowest BCUT2D eigenvalue weighted by molar-refractivity contribution is -0.154. The highest BCUT2D eigenvalue weighted by molar-refractivity contribution is 5.93. The third-order valence-electron chi connectivity index (χ3n) is 3.01. The van der Waals surface area contributed by atoms with Crippen LogP contribution >= 0.6 is 0 Å². The Bertz CT molecular complexity index is 825. The van der Waals surface area contributed by atoms with E-state index in [9.17, 15) is 22.8 Å². The van der Waals surface area contributed by atoms with Crippen molar-refractivity contribution in [2.24, 2.45) is 0 Å². The average molecular weight is 383 g/mol. The highest BCUT2D eigenvalue weighted by Crippen LogP contribution is 2.17. The van der Waals surface area contributed by atoms with Gasteiger partial charge < -0.3 is 10.1 Å². The van der Waals surface area contributed by atoms with Crippen LogP contribution in [0.4, 0.5) is 19.1 Å². The molecule has 8 nitrogen and oxygen atoms in total. The third kappa shape index (κ3) is 6.88. The van der Waals surface area contributed by atoms with E-state index >= 15 is 0 Å². The van der Waals surface area contributed by atoms with E-state index in [1.807, 2.05) is 0 Å². The zero-order valence-corrected chi connectivity index (χ0v) is 14.4. The molecule has 0 unspecified atom stereocenters. The van der Waals surface area contributed by atoms with E-state index in [1.54, 1.807) is 6.92 Å². The number of halogens is 3. The van der Waals surface area contributed by atoms with E-state index in [1.165, 1.54) is 31.3 Å². The van der Waals surface area contributed by atoms with Gasteiger partial charge in [0.15, 0.2) is 6.61 Å². The fraction of sp³-hybridized carbons (Fsp3) is 0.312. The molecular weight excluding hydrogens is 367 g/mol. The van der Waals surface area contributed by atoms with Gasteiger partial charge in [-0.1, -0.05) is 6.07 Å². The van der Waals surface area contributed by atoms with Gasteiger partial charge in [-0.25, -0.2) is 15.0 Å². The molecule has 0 aliphatic carbocycles. The molecule has 0 saturated carbocycles. The number of ether oxygens (including phenoxy) is 1. The van der Waals surface area contributed by atoms with E-state index in [4.69, 9.17) is 0 Å². The smallest absolute Gasteiger partial charge is 0.422 e. The molecule has 0 fully saturated rings. The molecule has 0 bridgehead atoms. The van der Waals surface area contributed by atoms with Gasteiger partial charge in [0.05, 0.1) is 0 Å². The van der Waals surface area contributed by atoms with Gasteiger partial charge in [-0.3, -0.25) is 14.9 Å². The van der Waals surface area contributed by atoms with Crippen molar-refractivity contribution in [2.45, 2.75) is 26.6 Å². The number of carbonyl (C=O) groups is 2. The second-order valence-corrected chi connectivity index (χ2v) is 5.49. The molecule has 0 aliphatic heterocycles. The minimum absolute atomic E-state index is 0.0143. The topological polar surface area (TPSA) is 106 Å². The monoisotopic (exact) mass is 383 g/mol. The molecule has 0 saturated heterocycles. The molecule has 2 aromatic rings. The Morgan fingerprint density at radius 2 is 1.96 bits per heavy atom. The van der Waals surface area contributed by atoms with Crippen LogP contribution in [0.3, 0.4) is 0 Å². The lowest BCUT2D eigenvalue weighted by Crippen LogP contribution is -2.25. The number of nitrogens with one attached hydrogen (secondary N) is 2. The first-order valence-electron chi connectivity index (χ1n) is 7.68. The van der Waals surface area contributed by atoms with Crippen LogP contribution < -0.4 is 15.4 Å². The highest BCUT2D eigenvalue weighted by atomic mass is 19.4. The summed E-state index contributed by atoms with van der Waals surface area (Å²) in [6.45, 7) is 1.58. The standard InChI is InChI=1S/C16H16F3N5O3/c1-9-5-12(24-15(22-9)23-10(2)25)14(26)21-7-11-3-4-13(20-6-11)27-8-16(17,18)19/h3-6H,7-8H2,1-2H3,(H,21,26)(H,22,23,24,25). The number of hydrogen-bond donors (Lipinski definition) is 2. The minimum Gasteiger partial charge on any atom is -0.468 e. The number of alkyl halides is 3. The van der Waals surface area contributed by atoms with Crippen molar-refractivity contribution in [2.75, 3.05) is 11.9 Å². The maximum absolute atomic E-state index is 12.2. The van der Waals surface area contributed by atoms with Crippen LogP contribution in [0.15, 0.2) is 24.4 Å². The predicted molar refractivity (Wildman–Crippen MR) is 88.0 cm³/mol. The van der Waals surface area contributed by atoms with Gasteiger partial charge in [-0.2, -0.15) is 13.2 Å². The summed E-state index contributed by atoms with van der Waals surface area (Å²) in [5.74, 6) is -1.04. The lowest BCUT2D eigenvalue weighted by Gasteiger charge is -2.09. The Morgan fingerprint density at radius 1 is 1.22 bits per heavy atom. The molecule has 2 rings (SSSR count). The second-order valence-electron chi connectivity index (χ2n) is 5.49. The van der Waals surface area contributed by atoms with Crippen LogP contribution in [0.2, 0.25) is 0 Å². The largest absolute Gasteiger partial charge is 0.468 e. The molecule has 27 heavy (non-hydrogen) atoms. The van der Waals surface area contributed by atoms with Crippen molar-refractivity contribution in [1.82, 2.24) is 20.3 Å². The van der Waals surface area contributed by atoms with Crippen molar-refractivity contribution in [3.8, 4) is 5.88 Å². The number of hydrogen-bond acceptors (Lipinski definition) is 6. The molecule has 0 aromatic carbocycles. The summed E-state index contributed by atoms with van der Waals surface area (Å²) < 4.78 is 40.8. The minimum atomic E-state index is -4.44. The fourth-order valence-corrected chi connectivity index (χ4v) is 1.93. The number of nitrogens with zero attached hydrogens (tertiary/aromatic N) is 3. The van der Waals surface area contributed by atoms with Crippen molar-refractivity contribution in [1.29, 1.82) is 0 Å². The number of aryl methyl sites for hydroxylation is 1. The summed E-state index contributed by atoms with van der Waals surface area (Å²) in [5, 5.41) is 4.99. The Balaban J connectivity index is 1.95. The first kappa shape index (κ1) is 20.1. The van der Waals surface area contributed by atoms with Gasteiger partial charge in [0, 0.05) is 31.4 Å². The summed E-state index contributed by atoms with van der Waals surface area (Å²) >= 11 is 0. The summed E-state index contributed by atoms with van der Waals surface area (Å²) in [6.07, 6.45) is -3.15. The van der Waals surface area contributed by atoms with Gasteiger partial charge in [-0.05, 0) is 18.6 Å². The molecule has 0 radical (unpaired) electrons. The zero-order chi connectivity index (χ0) is 20.0. The molecule has 2 aromatic heterocycles. The summed E-state index contributed by atoms with van der Waals surface area (Å²) in [7, 11) is 0. The van der Waals surface area contributed by atoms with Gasteiger partial charge in [0.2, 0.25) is 17.7 Å². The van der Waals surface area contributed by atoms with E-state index in [0.717, 1.165) is 0 Å². The van der Waals surface area contributed by atoms with Crippen LogP contribution in [0, 0.1) is 6.92 Å². The number of anilines is 1. The Hall–Kier alpha value is -3.24. The quantitative estimate of drug-likeness (QED) is 0.790. The maximum atomic E-state index is 12.2. The molecule has 2 heterocycles. The SMILES string of the molecule is CC(=O)Nc1nc(C)cc(C(=O)NCc2ccc(OCC(F)(F)F)nc2)n1. The van der Waals surface area contributed by atoms with Gasteiger partial charge in [-0.15, -0.1) is 0 Å². The highest BCUT2D eigenvalue weighted by Gasteiger charge is 2.28. The lowest BCUT2D eigenvalue weighted by atomic mass is 10.2. The molecule has 2 N–H and O–H groups in total. The maximum Gasteiger partial charge on any atom is 0.422 e. The summed E-state index contributed by atoms with van der Waals surface area (Å²) in [6, 6.07) is 4.21. The zero-order valence-electron chi connectivity index (χ0n) is 14.4. The molecule has 2 amide bonds. The van der Waals surface area contributed by atoms with Gasteiger partial charge in [0.1, 0.15) is 5.69 Å². The summed E-state index contributed by atoms with van der Waals surface area (Å²) in [4.78, 5) is 35.0. The molecule has 144 valence electrons. The number of carbonyl (C=O) groups excluding carboxylic acids is 2. The Kier molecular flexibility index (Phi) is 6.27. The Morgan fingerprint density at radius 3 is 2.56 bits per heavy atom. The number of rotatable bonds is 6. The van der Waals surface area contributed by atoms with E-state index in [0.29, 0.717) is 11.3 Å². The first-order chi connectivity index (χ1) is 12.6. The van der Waals surface area contributed by atoms with Crippen molar-refractivity contribution in [3.05, 3.63) is 41.3 Å². The van der Waals surface area contributed by atoms with Crippen LogP contribution in [0.5, 0.6) is 5.88 Å². The number of amides is 2. The van der Waals surface area contributed by atoms with Gasteiger partial charge >= 0.3 is 6.18 Å². The number of aromatic nitrogens is 3. The summed E-state index contributed by atoms with van der Waals surface area (Å²) in [5.41, 5.74) is 1.10. The molecule has 0 spiro atoms. The second kappa shape index (κ2) is 8.43. The van der Waals surface area contributed by atoms with E-state index in [2.05, 4.69) is 30.3 Å².